The van der Waals surface area contributed by atoms with Crippen LogP contribution in [0.3, 0.4) is 0 Å². The average molecular weight is 469 g/mol. The van der Waals surface area contributed by atoms with Crippen LogP contribution in [-0.4, -0.2) is 88.9 Å². The SMILES string of the molecule is NCCCC[C@H](NC(=O)[C@@H]1CCCN1C(=O)[C@@H]1CCCN1C(=O)[C@@H](N)CCCCN)C(=O)O. The van der Waals surface area contributed by atoms with Crippen molar-refractivity contribution in [2.75, 3.05) is 26.2 Å². The largest absolute Gasteiger partial charge is 0.480 e. The standard InChI is InChI=1S/C22H40N6O5/c23-11-3-1-7-15(25)20(30)28-14-6-10-18(28)21(31)27-13-5-9-17(27)19(29)26-16(22(32)33)8-2-4-12-24/h15-18H,1-14,23-25H2,(H,26,29)(H,32,33)/t15-,16-,17-,18-/m0/s1. The van der Waals surface area contributed by atoms with Gasteiger partial charge >= 0.3 is 5.97 Å². The molecule has 11 nitrogen and oxygen atoms in total. The van der Waals surface area contributed by atoms with Gasteiger partial charge < -0.3 is 37.4 Å². The molecule has 11 heteroatoms. The van der Waals surface area contributed by atoms with E-state index in [2.05, 4.69) is 5.32 Å². The van der Waals surface area contributed by atoms with Crippen molar-refractivity contribution in [3.63, 3.8) is 0 Å². The van der Waals surface area contributed by atoms with E-state index in [1.54, 1.807) is 4.90 Å². The third-order valence-electron chi connectivity index (χ3n) is 6.51. The third-order valence-corrected chi connectivity index (χ3v) is 6.51. The molecule has 0 aromatic heterocycles. The molecule has 0 saturated carbocycles. The van der Waals surface area contributed by atoms with Crippen LogP contribution in [0.1, 0.15) is 64.2 Å². The molecular weight excluding hydrogens is 428 g/mol. The summed E-state index contributed by atoms with van der Waals surface area (Å²) in [6.45, 7) is 1.87. The van der Waals surface area contributed by atoms with E-state index >= 15 is 0 Å². The molecule has 0 aromatic carbocycles. The molecule has 0 unspecified atom stereocenters. The Bertz CT molecular complexity index is 690. The van der Waals surface area contributed by atoms with Crippen LogP contribution < -0.4 is 22.5 Å². The highest BCUT2D eigenvalue weighted by Gasteiger charge is 2.43. The first-order chi connectivity index (χ1) is 15.8. The van der Waals surface area contributed by atoms with Gasteiger partial charge in [-0.3, -0.25) is 14.4 Å². The van der Waals surface area contributed by atoms with Crippen LogP contribution in [-0.2, 0) is 19.2 Å². The van der Waals surface area contributed by atoms with Gasteiger partial charge in [-0.2, -0.15) is 0 Å². The second kappa shape index (κ2) is 13.5. The van der Waals surface area contributed by atoms with Crippen LogP contribution in [0.5, 0.6) is 0 Å². The molecule has 3 amide bonds. The fourth-order valence-corrected chi connectivity index (χ4v) is 4.64. The van der Waals surface area contributed by atoms with Gasteiger partial charge in [0.05, 0.1) is 6.04 Å². The lowest BCUT2D eigenvalue weighted by Gasteiger charge is -2.32. The van der Waals surface area contributed by atoms with Gasteiger partial charge in [0.2, 0.25) is 17.7 Å². The summed E-state index contributed by atoms with van der Waals surface area (Å²) in [6.07, 6.45) is 5.94. The van der Waals surface area contributed by atoms with E-state index in [4.69, 9.17) is 17.2 Å². The Kier molecular flexibility index (Phi) is 11.0. The van der Waals surface area contributed by atoms with Gasteiger partial charge in [-0.05, 0) is 70.9 Å². The number of nitrogens with one attached hydrogen (secondary N) is 1. The number of aliphatic carboxylic acids is 1. The number of nitrogens with two attached hydrogens (primary N) is 3. The molecule has 4 atom stereocenters. The number of hydrogen-bond acceptors (Lipinski definition) is 7. The maximum Gasteiger partial charge on any atom is 0.326 e. The number of carboxylic acid groups (broad SMARTS) is 1. The number of rotatable bonds is 13. The van der Waals surface area contributed by atoms with Crippen molar-refractivity contribution in [2.45, 2.75) is 88.4 Å². The van der Waals surface area contributed by atoms with E-state index in [9.17, 15) is 24.3 Å². The number of hydrogen-bond donors (Lipinski definition) is 5. The van der Waals surface area contributed by atoms with Crippen molar-refractivity contribution in [3.8, 4) is 0 Å². The maximum absolute atomic E-state index is 13.4. The minimum Gasteiger partial charge on any atom is -0.480 e. The first-order valence-electron chi connectivity index (χ1n) is 12.1. The van der Waals surface area contributed by atoms with E-state index in [0.717, 1.165) is 12.8 Å². The highest BCUT2D eigenvalue weighted by molar-refractivity contribution is 5.94. The fourth-order valence-electron chi connectivity index (χ4n) is 4.64. The van der Waals surface area contributed by atoms with E-state index < -0.39 is 36.0 Å². The zero-order valence-electron chi connectivity index (χ0n) is 19.4. The summed E-state index contributed by atoms with van der Waals surface area (Å²) in [7, 11) is 0. The summed E-state index contributed by atoms with van der Waals surface area (Å²) < 4.78 is 0. The Morgan fingerprint density at radius 1 is 0.879 bits per heavy atom. The first kappa shape index (κ1) is 27.0. The van der Waals surface area contributed by atoms with Crippen molar-refractivity contribution in [3.05, 3.63) is 0 Å². The molecule has 2 fully saturated rings. The summed E-state index contributed by atoms with van der Waals surface area (Å²) in [5.74, 6) is -2.07. The van der Waals surface area contributed by atoms with Crippen molar-refractivity contribution in [2.24, 2.45) is 17.2 Å². The van der Waals surface area contributed by atoms with E-state index in [1.807, 2.05) is 0 Å². The van der Waals surface area contributed by atoms with Gasteiger partial charge in [0, 0.05) is 13.1 Å². The van der Waals surface area contributed by atoms with Crippen LogP contribution >= 0.6 is 0 Å². The van der Waals surface area contributed by atoms with Crippen molar-refractivity contribution < 1.29 is 24.3 Å². The fraction of sp³-hybridized carbons (Fsp3) is 0.818. The van der Waals surface area contributed by atoms with E-state index in [1.165, 1.54) is 4.90 Å². The normalized spacial score (nSPS) is 22.3. The Balaban J connectivity index is 2.01. The number of carbonyl (C=O) groups is 4. The number of carboxylic acids is 1. The molecule has 188 valence electrons. The quantitative estimate of drug-likeness (QED) is 0.216. The highest BCUT2D eigenvalue weighted by Crippen LogP contribution is 2.26. The van der Waals surface area contributed by atoms with Crippen LogP contribution in [0.25, 0.3) is 0 Å². The lowest BCUT2D eigenvalue weighted by atomic mass is 10.1. The molecule has 2 heterocycles. The number of amides is 3. The summed E-state index contributed by atoms with van der Waals surface area (Å²) in [6, 6.07) is -3.05. The van der Waals surface area contributed by atoms with E-state index in [0.29, 0.717) is 71.1 Å². The van der Waals surface area contributed by atoms with Crippen molar-refractivity contribution in [1.82, 2.24) is 15.1 Å². The van der Waals surface area contributed by atoms with Crippen LogP contribution in [0.15, 0.2) is 0 Å². The third kappa shape index (κ3) is 7.38. The predicted octanol–water partition coefficient (Wildman–Crippen LogP) is -0.877. The zero-order chi connectivity index (χ0) is 24.4. The van der Waals surface area contributed by atoms with Crippen LogP contribution in [0.2, 0.25) is 0 Å². The Hall–Kier alpha value is -2.24. The predicted molar refractivity (Wildman–Crippen MR) is 123 cm³/mol. The number of unbranched alkanes of at least 4 members (excludes halogenated alkanes) is 2. The lowest BCUT2D eigenvalue weighted by molar-refractivity contribution is -0.148. The maximum atomic E-state index is 13.4. The summed E-state index contributed by atoms with van der Waals surface area (Å²) >= 11 is 0. The molecule has 2 aliphatic heterocycles. The number of nitrogens with zero attached hydrogens (tertiary/aromatic N) is 2. The Labute approximate surface area is 195 Å². The van der Waals surface area contributed by atoms with Crippen LogP contribution in [0.4, 0.5) is 0 Å². The van der Waals surface area contributed by atoms with Gasteiger partial charge in [0.1, 0.15) is 18.1 Å². The number of likely N-dealkylation sites (tertiary alicyclic amines) is 2. The molecule has 0 aliphatic carbocycles. The topological polar surface area (TPSA) is 185 Å². The van der Waals surface area contributed by atoms with E-state index in [-0.39, 0.29) is 18.2 Å². The molecule has 0 radical (unpaired) electrons. The van der Waals surface area contributed by atoms with Gasteiger partial charge in [0.15, 0.2) is 0 Å². The smallest absolute Gasteiger partial charge is 0.326 e. The van der Waals surface area contributed by atoms with Gasteiger partial charge in [-0.15, -0.1) is 0 Å². The molecule has 0 aromatic rings. The summed E-state index contributed by atoms with van der Waals surface area (Å²) in [4.78, 5) is 53.7. The minimum absolute atomic E-state index is 0.242. The summed E-state index contributed by atoms with van der Waals surface area (Å²) in [5, 5.41) is 12.0. The molecule has 8 N–H and O–H groups in total. The Morgan fingerprint density at radius 3 is 2.06 bits per heavy atom. The lowest BCUT2D eigenvalue weighted by Crippen LogP contribution is -2.56. The van der Waals surface area contributed by atoms with Gasteiger partial charge in [-0.25, -0.2) is 4.79 Å². The second-order valence-corrected chi connectivity index (χ2v) is 8.95. The average Bonchev–Trinajstić information content (AvgIpc) is 3.47. The number of carbonyl (C=O) groups excluding carboxylic acids is 3. The molecule has 0 bridgehead atoms. The molecular formula is C22H40N6O5. The Morgan fingerprint density at radius 2 is 1.45 bits per heavy atom. The minimum atomic E-state index is -1.10. The molecule has 2 saturated heterocycles. The zero-order valence-corrected chi connectivity index (χ0v) is 19.4. The molecule has 0 spiro atoms. The monoisotopic (exact) mass is 468 g/mol. The van der Waals surface area contributed by atoms with Crippen molar-refractivity contribution >= 4 is 23.7 Å². The van der Waals surface area contributed by atoms with Crippen LogP contribution in [0, 0.1) is 0 Å². The molecule has 33 heavy (non-hydrogen) atoms. The molecule has 2 rings (SSSR count). The van der Waals surface area contributed by atoms with Gasteiger partial charge in [0.25, 0.3) is 0 Å². The summed E-state index contributed by atoms with van der Waals surface area (Å²) in [5.41, 5.74) is 17.0. The first-order valence-corrected chi connectivity index (χ1v) is 12.1. The van der Waals surface area contributed by atoms with Gasteiger partial charge in [-0.1, -0.05) is 6.42 Å². The van der Waals surface area contributed by atoms with Crippen molar-refractivity contribution in [1.29, 1.82) is 0 Å². The highest BCUT2D eigenvalue weighted by atomic mass is 16.4. The molecule has 2 aliphatic rings. The second-order valence-electron chi connectivity index (χ2n) is 8.95.